The van der Waals surface area contributed by atoms with Gasteiger partial charge in [0.05, 0.1) is 0 Å². The van der Waals surface area contributed by atoms with Gasteiger partial charge in [0.2, 0.25) is 0 Å². The molecule has 0 spiro atoms. The highest BCUT2D eigenvalue weighted by atomic mass is 16.6. The van der Waals surface area contributed by atoms with Crippen LogP contribution in [-0.2, 0) is 28.6 Å². The van der Waals surface area contributed by atoms with E-state index in [1.807, 2.05) is 30.4 Å². The molecule has 0 aromatic rings. The summed E-state index contributed by atoms with van der Waals surface area (Å²) in [6, 6.07) is 0. The van der Waals surface area contributed by atoms with Gasteiger partial charge in [0, 0.05) is 19.3 Å². The first-order valence-electron chi connectivity index (χ1n) is 29.9. The molecule has 1 unspecified atom stereocenters. The molecule has 0 aliphatic rings. The van der Waals surface area contributed by atoms with Gasteiger partial charge in [-0.2, -0.15) is 0 Å². The smallest absolute Gasteiger partial charge is 0.306 e. The summed E-state index contributed by atoms with van der Waals surface area (Å²) in [5.74, 6) is -1.04. The maximum absolute atomic E-state index is 12.9. The Hall–Kier alpha value is -4.71. The molecule has 0 fully saturated rings. The third-order valence-corrected chi connectivity index (χ3v) is 12.2. The summed E-state index contributed by atoms with van der Waals surface area (Å²) in [5.41, 5.74) is 0. The van der Waals surface area contributed by atoms with Gasteiger partial charge >= 0.3 is 17.9 Å². The van der Waals surface area contributed by atoms with Crippen molar-refractivity contribution in [3.63, 3.8) is 0 Å². The van der Waals surface area contributed by atoms with Crippen LogP contribution in [0.3, 0.4) is 0 Å². The van der Waals surface area contributed by atoms with Crippen LogP contribution in [0, 0.1) is 0 Å². The molecule has 6 heteroatoms. The van der Waals surface area contributed by atoms with Gasteiger partial charge in [0.1, 0.15) is 13.2 Å². The second-order valence-corrected chi connectivity index (χ2v) is 19.3. The van der Waals surface area contributed by atoms with Crippen LogP contribution in [0.15, 0.2) is 146 Å². The predicted molar refractivity (Wildman–Crippen MR) is 320 cm³/mol. The fourth-order valence-electron chi connectivity index (χ4n) is 7.73. The minimum absolute atomic E-state index is 0.122. The van der Waals surface area contributed by atoms with Crippen LogP contribution in [-0.4, -0.2) is 37.2 Å². The number of allylic oxidation sites excluding steroid dienone is 24. The molecule has 0 saturated heterocycles. The van der Waals surface area contributed by atoms with Crippen LogP contribution in [0.2, 0.25) is 0 Å². The lowest BCUT2D eigenvalue weighted by molar-refractivity contribution is -0.166. The molecule has 0 aliphatic carbocycles. The highest BCUT2D eigenvalue weighted by Gasteiger charge is 2.19. The molecule has 1 atom stereocenters. The Morgan fingerprint density at radius 3 is 1.08 bits per heavy atom. The second-order valence-electron chi connectivity index (χ2n) is 19.3. The van der Waals surface area contributed by atoms with E-state index in [1.165, 1.54) is 96.3 Å². The third-order valence-electron chi connectivity index (χ3n) is 12.2. The average molecular weight is 1020 g/mol. The highest BCUT2D eigenvalue weighted by molar-refractivity contribution is 5.71. The Kier molecular flexibility index (Phi) is 57.0. The number of ether oxygens (including phenoxy) is 3. The van der Waals surface area contributed by atoms with Gasteiger partial charge in [-0.25, -0.2) is 0 Å². The first-order chi connectivity index (χ1) is 36.5. The Bertz CT molecular complexity index is 1640. The molecular weight excluding hydrogens is 913 g/mol. The molecule has 0 saturated carbocycles. The molecule has 0 N–H and O–H groups in total. The topological polar surface area (TPSA) is 78.9 Å². The van der Waals surface area contributed by atoms with Crippen LogP contribution in [0.5, 0.6) is 0 Å². The van der Waals surface area contributed by atoms with Crippen molar-refractivity contribution in [2.24, 2.45) is 0 Å². The highest BCUT2D eigenvalue weighted by Crippen LogP contribution is 2.14. The van der Waals surface area contributed by atoms with Gasteiger partial charge in [-0.05, 0) is 103 Å². The summed E-state index contributed by atoms with van der Waals surface area (Å²) in [6.45, 7) is 6.35. The number of esters is 3. The Morgan fingerprint density at radius 1 is 0.297 bits per heavy atom. The van der Waals surface area contributed by atoms with Crippen molar-refractivity contribution in [1.29, 1.82) is 0 Å². The van der Waals surface area contributed by atoms with Crippen LogP contribution in [0.25, 0.3) is 0 Å². The standard InChI is InChI=1S/C68H108O6/c1-4-7-10-13-16-19-22-25-28-31-34-37-40-43-46-49-52-55-58-61-67(70)73-64-65(63-72-66(69)60-57-54-51-48-45-42-39-36-33-30-27-24-21-18-15-12-9-6-3)74-68(71)62-59-56-53-50-47-44-41-38-35-32-29-26-23-20-17-14-11-8-5-2/h7,10,12,15-16,18-19,21,24-25,27-28,30,32-37,39,43,46,52,55,65H,4-6,8-9,11,13-14,17,20,22-23,26,29,31,38,40-42,44-45,47-51,53-54,56-64H2,1-3H3/b10-7-,15-12-,19-16-,21-18-,27-24-,28-25-,33-30-,35-32-,37-34-,39-36-,46-43-,55-52-. The number of hydrogen-bond donors (Lipinski definition) is 0. The quantitative estimate of drug-likeness (QED) is 0.0199. The number of unbranched alkanes of at least 4 members (excludes halogenated alkanes) is 21. The molecule has 0 bridgehead atoms. The van der Waals surface area contributed by atoms with Crippen molar-refractivity contribution < 1.29 is 28.6 Å². The SMILES string of the molecule is CC/C=C\C/C=C\C/C=C\C/C=C\C/C=C\C/C=C\CCC(=O)OCC(COC(=O)CCCCCCC\C=C/C=C\C=C/C=C\C=C/CCC)OC(=O)CCCCCCCCC/C=C\CCCCCCCCCC. The summed E-state index contributed by atoms with van der Waals surface area (Å²) >= 11 is 0. The maximum Gasteiger partial charge on any atom is 0.306 e. The lowest BCUT2D eigenvalue weighted by Crippen LogP contribution is -2.30. The van der Waals surface area contributed by atoms with E-state index in [0.29, 0.717) is 19.3 Å². The van der Waals surface area contributed by atoms with E-state index < -0.39 is 6.10 Å². The van der Waals surface area contributed by atoms with Gasteiger partial charge in [-0.15, -0.1) is 0 Å². The molecular formula is C68H108O6. The predicted octanol–water partition coefficient (Wildman–Crippen LogP) is 20.4. The van der Waals surface area contributed by atoms with Crippen LogP contribution >= 0.6 is 0 Å². The number of hydrogen-bond acceptors (Lipinski definition) is 6. The van der Waals surface area contributed by atoms with Crippen LogP contribution in [0.1, 0.15) is 245 Å². The normalized spacial score (nSPS) is 13.2. The van der Waals surface area contributed by atoms with Gasteiger partial charge in [0.15, 0.2) is 6.10 Å². The summed E-state index contributed by atoms with van der Waals surface area (Å²) in [6.07, 6.45) is 87.0. The van der Waals surface area contributed by atoms with Gasteiger partial charge in [0.25, 0.3) is 0 Å². The zero-order chi connectivity index (χ0) is 53.6. The van der Waals surface area contributed by atoms with Gasteiger partial charge in [-0.3, -0.25) is 14.4 Å². The monoisotopic (exact) mass is 1020 g/mol. The molecule has 6 nitrogen and oxygen atoms in total. The van der Waals surface area contributed by atoms with Crippen molar-refractivity contribution in [2.45, 2.75) is 252 Å². The second kappa shape index (κ2) is 60.8. The summed E-state index contributed by atoms with van der Waals surface area (Å²) in [5, 5.41) is 0. The molecule has 0 amide bonds. The zero-order valence-corrected chi connectivity index (χ0v) is 47.5. The van der Waals surface area contributed by atoms with Crippen molar-refractivity contribution in [1.82, 2.24) is 0 Å². The minimum Gasteiger partial charge on any atom is -0.462 e. The van der Waals surface area contributed by atoms with Crippen molar-refractivity contribution >= 4 is 17.9 Å². The number of rotatable bonds is 52. The van der Waals surface area contributed by atoms with E-state index in [0.717, 1.165) is 103 Å². The molecule has 416 valence electrons. The first-order valence-corrected chi connectivity index (χ1v) is 29.9. The molecule has 0 radical (unpaired) electrons. The Balaban J connectivity index is 4.58. The molecule has 0 aliphatic heterocycles. The van der Waals surface area contributed by atoms with Gasteiger partial charge < -0.3 is 14.2 Å². The summed E-state index contributed by atoms with van der Waals surface area (Å²) in [7, 11) is 0. The number of carbonyl (C=O) groups is 3. The fraction of sp³-hybridized carbons (Fsp3) is 0.603. The van der Waals surface area contributed by atoms with E-state index >= 15 is 0 Å². The first kappa shape index (κ1) is 69.3. The van der Waals surface area contributed by atoms with Gasteiger partial charge in [-0.1, -0.05) is 269 Å². The summed E-state index contributed by atoms with van der Waals surface area (Å²) in [4.78, 5) is 38.2. The van der Waals surface area contributed by atoms with E-state index in [9.17, 15) is 14.4 Å². The average Bonchev–Trinajstić information content (AvgIpc) is 3.40. The number of carbonyl (C=O) groups excluding carboxylic acids is 3. The van der Waals surface area contributed by atoms with E-state index in [2.05, 4.69) is 136 Å². The molecule has 0 rings (SSSR count). The van der Waals surface area contributed by atoms with E-state index in [1.54, 1.807) is 0 Å². The Labute approximate surface area is 455 Å². The van der Waals surface area contributed by atoms with Crippen molar-refractivity contribution in [2.75, 3.05) is 13.2 Å². The van der Waals surface area contributed by atoms with Crippen molar-refractivity contribution in [3.8, 4) is 0 Å². The fourth-order valence-corrected chi connectivity index (χ4v) is 7.73. The Morgan fingerprint density at radius 2 is 0.635 bits per heavy atom. The summed E-state index contributed by atoms with van der Waals surface area (Å²) < 4.78 is 16.8. The lowest BCUT2D eigenvalue weighted by Gasteiger charge is -2.18. The molecule has 0 heterocycles. The largest absolute Gasteiger partial charge is 0.462 e. The van der Waals surface area contributed by atoms with E-state index in [4.69, 9.17) is 14.2 Å². The lowest BCUT2D eigenvalue weighted by atomic mass is 10.1. The third kappa shape index (κ3) is 58.2. The van der Waals surface area contributed by atoms with Crippen LogP contribution in [0.4, 0.5) is 0 Å². The zero-order valence-electron chi connectivity index (χ0n) is 47.5. The van der Waals surface area contributed by atoms with Crippen molar-refractivity contribution in [3.05, 3.63) is 146 Å². The minimum atomic E-state index is -0.829. The molecule has 0 aromatic carbocycles. The molecule has 0 aromatic heterocycles. The molecule has 74 heavy (non-hydrogen) atoms. The maximum atomic E-state index is 12.9. The van der Waals surface area contributed by atoms with Crippen LogP contribution < -0.4 is 0 Å². The van der Waals surface area contributed by atoms with E-state index in [-0.39, 0.29) is 37.5 Å².